The van der Waals surface area contributed by atoms with Crippen molar-refractivity contribution in [3.8, 4) is 0 Å². The van der Waals surface area contributed by atoms with Crippen LogP contribution in [0.25, 0.3) is 0 Å². The highest BCUT2D eigenvalue weighted by Gasteiger charge is 2.48. The van der Waals surface area contributed by atoms with Crippen LogP contribution in [0, 0.1) is 0 Å². The first-order chi connectivity index (χ1) is 7.91. The summed E-state index contributed by atoms with van der Waals surface area (Å²) in [6.45, 7) is 0. The van der Waals surface area contributed by atoms with Crippen molar-refractivity contribution in [2.24, 2.45) is 5.73 Å². The van der Waals surface area contributed by atoms with E-state index in [1.165, 1.54) is 6.20 Å². The number of amides is 2. The number of primary amides is 1. The summed E-state index contributed by atoms with van der Waals surface area (Å²) in [7, 11) is 0. The summed E-state index contributed by atoms with van der Waals surface area (Å²) < 4.78 is 38.3. The van der Waals surface area contributed by atoms with Crippen molar-refractivity contribution in [3.63, 3.8) is 0 Å². The lowest BCUT2D eigenvalue weighted by Gasteiger charge is -2.35. The number of urea groups is 1. The minimum atomic E-state index is -4.50. The number of hydrogen-bond acceptors (Lipinski definition) is 2. The molecule has 17 heavy (non-hydrogen) atoms. The Kier molecular flexibility index (Phi) is 2.68. The van der Waals surface area contributed by atoms with Crippen molar-refractivity contribution in [2.45, 2.75) is 25.1 Å². The summed E-state index contributed by atoms with van der Waals surface area (Å²) in [6.07, 6.45) is -3.11. The van der Waals surface area contributed by atoms with E-state index in [0.717, 1.165) is 0 Å². The van der Waals surface area contributed by atoms with Gasteiger partial charge in [0.25, 0.3) is 0 Å². The molecule has 0 fully saturated rings. The topological polar surface area (TPSA) is 59.2 Å². The molecular weight excluding hydrogens is 235 g/mol. The molecule has 0 aliphatic carbocycles. The molecule has 1 atom stereocenters. The molecule has 1 aliphatic heterocycles. The Bertz CT molecular complexity index is 447. The largest absolute Gasteiger partial charge is 0.409 e. The predicted octanol–water partition coefficient (Wildman–Crippen LogP) is 1.84. The number of nitrogens with two attached hydrogens (primary N) is 1. The van der Waals surface area contributed by atoms with Gasteiger partial charge in [0.1, 0.15) is 11.9 Å². The molecule has 0 radical (unpaired) electrons. The maximum absolute atomic E-state index is 12.8. The Labute approximate surface area is 95.2 Å². The predicted molar refractivity (Wildman–Crippen MR) is 54.5 cm³/mol. The summed E-state index contributed by atoms with van der Waals surface area (Å²) in [6, 6.07) is 0.242. The lowest BCUT2D eigenvalue weighted by atomic mass is 9.98. The van der Waals surface area contributed by atoms with Crippen molar-refractivity contribution >= 4 is 11.8 Å². The number of anilines is 1. The molecule has 7 heteroatoms. The van der Waals surface area contributed by atoms with Crippen LogP contribution in [0.4, 0.5) is 23.8 Å². The Morgan fingerprint density at radius 3 is 2.82 bits per heavy atom. The zero-order valence-electron chi connectivity index (χ0n) is 8.74. The van der Waals surface area contributed by atoms with Crippen LogP contribution in [0.3, 0.4) is 0 Å². The minimum Gasteiger partial charge on any atom is -0.351 e. The van der Waals surface area contributed by atoms with Gasteiger partial charge >= 0.3 is 12.2 Å². The van der Waals surface area contributed by atoms with Gasteiger partial charge in [-0.2, -0.15) is 13.2 Å². The van der Waals surface area contributed by atoms with E-state index in [1.807, 2.05) is 0 Å². The molecule has 2 heterocycles. The van der Waals surface area contributed by atoms with Gasteiger partial charge < -0.3 is 5.73 Å². The Morgan fingerprint density at radius 2 is 2.24 bits per heavy atom. The fourth-order valence-electron chi connectivity index (χ4n) is 1.98. The second kappa shape index (κ2) is 3.90. The van der Waals surface area contributed by atoms with Crippen molar-refractivity contribution in [1.82, 2.24) is 4.98 Å². The van der Waals surface area contributed by atoms with Gasteiger partial charge in [-0.05, 0) is 24.5 Å². The average Bonchev–Trinajstić information content (AvgIpc) is 2.26. The maximum atomic E-state index is 12.8. The summed E-state index contributed by atoms with van der Waals surface area (Å²) in [5, 5.41) is 0. The number of hydrogen-bond donors (Lipinski definition) is 1. The first kappa shape index (κ1) is 11.7. The van der Waals surface area contributed by atoms with Gasteiger partial charge in [-0.3, -0.25) is 4.90 Å². The molecule has 0 spiro atoms. The Balaban J connectivity index is 2.47. The normalized spacial score (nSPS) is 19.9. The van der Waals surface area contributed by atoms with Gasteiger partial charge in [0.15, 0.2) is 0 Å². The van der Waals surface area contributed by atoms with Gasteiger partial charge in [0.05, 0.1) is 0 Å². The SMILES string of the molecule is NC(=O)N1c2ncccc2CCC1C(F)(F)F. The van der Waals surface area contributed by atoms with Gasteiger partial charge in [0, 0.05) is 6.20 Å². The molecule has 2 N–H and O–H groups in total. The second-order valence-electron chi connectivity index (χ2n) is 3.79. The molecule has 1 aromatic rings. The van der Waals surface area contributed by atoms with Gasteiger partial charge in [-0.1, -0.05) is 6.07 Å². The molecule has 2 amide bonds. The Morgan fingerprint density at radius 1 is 1.53 bits per heavy atom. The maximum Gasteiger partial charge on any atom is 0.409 e. The fourth-order valence-corrected chi connectivity index (χ4v) is 1.98. The summed E-state index contributed by atoms with van der Waals surface area (Å²) in [5.41, 5.74) is 5.62. The molecule has 0 saturated carbocycles. The third kappa shape index (κ3) is 2.04. The summed E-state index contributed by atoms with van der Waals surface area (Å²) >= 11 is 0. The van der Waals surface area contributed by atoms with E-state index in [0.29, 0.717) is 10.5 Å². The zero-order valence-corrected chi connectivity index (χ0v) is 8.74. The van der Waals surface area contributed by atoms with Crippen LogP contribution in [-0.4, -0.2) is 23.2 Å². The highest BCUT2D eigenvalue weighted by atomic mass is 19.4. The fraction of sp³-hybridized carbons (Fsp3) is 0.400. The van der Waals surface area contributed by atoms with E-state index in [-0.39, 0.29) is 18.7 Å². The van der Waals surface area contributed by atoms with Crippen molar-refractivity contribution in [3.05, 3.63) is 23.9 Å². The lowest BCUT2D eigenvalue weighted by molar-refractivity contribution is -0.149. The van der Waals surface area contributed by atoms with E-state index in [9.17, 15) is 18.0 Å². The van der Waals surface area contributed by atoms with Crippen LogP contribution in [0.5, 0.6) is 0 Å². The molecule has 0 bridgehead atoms. The average molecular weight is 245 g/mol. The molecule has 0 aromatic carbocycles. The Hall–Kier alpha value is -1.79. The number of fused-ring (bicyclic) bond motifs is 1. The molecule has 0 saturated heterocycles. The number of aromatic nitrogens is 1. The van der Waals surface area contributed by atoms with Crippen LogP contribution >= 0.6 is 0 Å². The van der Waals surface area contributed by atoms with Crippen LogP contribution in [-0.2, 0) is 6.42 Å². The number of carbonyl (C=O) groups excluding carboxylic acids is 1. The smallest absolute Gasteiger partial charge is 0.351 e. The number of aryl methyl sites for hydroxylation is 1. The second-order valence-corrected chi connectivity index (χ2v) is 3.79. The molecule has 1 aliphatic rings. The first-order valence-electron chi connectivity index (χ1n) is 5.00. The van der Waals surface area contributed by atoms with E-state index in [1.54, 1.807) is 12.1 Å². The van der Waals surface area contributed by atoms with E-state index >= 15 is 0 Å². The van der Waals surface area contributed by atoms with Gasteiger partial charge in [0.2, 0.25) is 0 Å². The summed E-state index contributed by atoms with van der Waals surface area (Å²) in [4.78, 5) is 15.5. The number of carbonyl (C=O) groups is 1. The summed E-state index contributed by atoms with van der Waals surface area (Å²) in [5.74, 6) is 0.00794. The number of halogens is 3. The lowest BCUT2D eigenvalue weighted by Crippen LogP contribution is -2.54. The monoisotopic (exact) mass is 245 g/mol. The van der Waals surface area contributed by atoms with E-state index in [4.69, 9.17) is 5.73 Å². The third-order valence-corrected chi connectivity index (χ3v) is 2.71. The molecule has 1 unspecified atom stereocenters. The van der Waals surface area contributed by atoms with Crippen LogP contribution in [0.15, 0.2) is 18.3 Å². The quantitative estimate of drug-likeness (QED) is 0.758. The number of pyridine rings is 1. The standard InChI is InChI=1S/C10H10F3N3O/c11-10(12,13)7-4-3-6-2-1-5-15-8(6)16(7)9(14)17/h1-2,5,7H,3-4H2,(H2,14,17). The number of nitrogens with zero attached hydrogens (tertiary/aromatic N) is 2. The van der Waals surface area contributed by atoms with Crippen molar-refractivity contribution in [2.75, 3.05) is 4.90 Å². The molecular formula is C10H10F3N3O. The molecule has 92 valence electrons. The van der Waals surface area contributed by atoms with Crippen molar-refractivity contribution < 1.29 is 18.0 Å². The van der Waals surface area contributed by atoms with Crippen LogP contribution in [0.1, 0.15) is 12.0 Å². The number of rotatable bonds is 0. The number of alkyl halides is 3. The van der Waals surface area contributed by atoms with E-state index in [2.05, 4.69) is 4.98 Å². The minimum absolute atomic E-state index is 0.00794. The molecule has 1 aromatic heterocycles. The van der Waals surface area contributed by atoms with Crippen LogP contribution < -0.4 is 10.6 Å². The molecule has 2 rings (SSSR count). The molecule has 4 nitrogen and oxygen atoms in total. The van der Waals surface area contributed by atoms with E-state index < -0.39 is 18.2 Å². The van der Waals surface area contributed by atoms with Crippen molar-refractivity contribution in [1.29, 1.82) is 0 Å². The highest BCUT2D eigenvalue weighted by Crippen LogP contribution is 2.36. The first-order valence-corrected chi connectivity index (χ1v) is 5.00. The van der Waals surface area contributed by atoms with Crippen LogP contribution in [0.2, 0.25) is 0 Å². The van der Waals surface area contributed by atoms with Gasteiger partial charge in [-0.15, -0.1) is 0 Å². The third-order valence-electron chi connectivity index (χ3n) is 2.71. The van der Waals surface area contributed by atoms with Gasteiger partial charge in [-0.25, -0.2) is 9.78 Å². The highest BCUT2D eigenvalue weighted by molar-refractivity contribution is 5.91. The zero-order chi connectivity index (χ0) is 12.6.